The third-order valence-corrected chi connectivity index (χ3v) is 3.69. The molecule has 0 aliphatic carbocycles. The topological polar surface area (TPSA) is 97.0 Å². The maximum absolute atomic E-state index is 12.7. The standard InChI is InChI=1S/C16H17N3O5/c1-3-23-10-7-5-9(6-8-10)19-14(20)11-12(15(19)21)17-18-13(11)16(22)24-4-2/h5-8,12,17-18H,3-4H2,1-2H3. The molecule has 0 spiro atoms. The Kier molecular flexibility index (Phi) is 4.22. The van der Waals surface area contributed by atoms with E-state index in [0.29, 0.717) is 18.0 Å². The molecule has 1 atom stereocenters. The fourth-order valence-electron chi connectivity index (χ4n) is 2.66. The van der Waals surface area contributed by atoms with Crippen LogP contribution < -0.4 is 20.5 Å². The van der Waals surface area contributed by atoms with Gasteiger partial charge in [-0.15, -0.1) is 0 Å². The van der Waals surface area contributed by atoms with Crippen LogP contribution in [0, 0.1) is 0 Å². The number of nitrogens with one attached hydrogen (secondary N) is 2. The fourth-order valence-corrected chi connectivity index (χ4v) is 2.66. The van der Waals surface area contributed by atoms with Gasteiger partial charge in [-0.2, -0.15) is 0 Å². The Morgan fingerprint density at radius 1 is 1.17 bits per heavy atom. The number of anilines is 1. The Balaban J connectivity index is 1.92. The summed E-state index contributed by atoms with van der Waals surface area (Å²) in [6, 6.07) is 5.71. The maximum Gasteiger partial charge on any atom is 0.356 e. The number of imide groups is 1. The predicted octanol–water partition coefficient (Wildman–Crippen LogP) is 0.252. The summed E-state index contributed by atoms with van der Waals surface area (Å²) in [6.07, 6.45) is 0. The molecule has 2 N–H and O–H groups in total. The minimum atomic E-state index is -0.900. The van der Waals surface area contributed by atoms with Gasteiger partial charge < -0.3 is 14.9 Å². The largest absolute Gasteiger partial charge is 0.494 e. The number of amides is 2. The minimum Gasteiger partial charge on any atom is -0.494 e. The molecular weight excluding hydrogens is 314 g/mol. The second-order valence-electron chi connectivity index (χ2n) is 5.12. The monoisotopic (exact) mass is 331 g/mol. The number of rotatable bonds is 5. The van der Waals surface area contributed by atoms with Crippen LogP contribution in [-0.2, 0) is 19.1 Å². The number of carbonyl (C=O) groups is 3. The van der Waals surface area contributed by atoms with Crippen LogP contribution in [0.2, 0.25) is 0 Å². The molecule has 0 radical (unpaired) electrons. The van der Waals surface area contributed by atoms with Crippen molar-refractivity contribution in [2.45, 2.75) is 19.9 Å². The van der Waals surface area contributed by atoms with Crippen molar-refractivity contribution in [3.8, 4) is 5.75 Å². The highest BCUT2D eigenvalue weighted by molar-refractivity contribution is 6.32. The van der Waals surface area contributed by atoms with Crippen molar-refractivity contribution in [2.75, 3.05) is 18.1 Å². The third kappa shape index (κ3) is 2.50. The van der Waals surface area contributed by atoms with Crippen molar-refractivity contribution in [2.24, 2.45) is 0 Å². The summed E-state index contributed by atoms with van der Waals surface area (Å²) < 4.78 is 10.2. The van der Waals surface area contributed by atoms with E-state index >= 15 is 0 Å². The molecule has 0 aromatic heterocycles. The van der Waals surface area contributed by atoms with Crippen molar-refractivity contribution in [3.63, 3.8) is 0 Å². The lowest BCUT2D eigenvalue weighted by Crippen LogP contribution is -2.42. The zero-order valence-corrected chi connectivity index (χ0v) is 13.3. The second-order valence-corrected chi connectivity index (χ2v) is 5.12. The first-order chi connectivity index (χ1) is 11.6. The number of esters is 1. The third-order valence-electron chi connectivity index (χ3n) is 3.69. The molecule has 1 saturated heterocycles. The molecule has 0 saturated carbocycles. The summed E-state index contributed by atoms with van der Waals surface area (Å²) in [6.45, 7) is 4.22. The van der Waals surface area contributed by atoms with Gasteiger partial charge in [0.1, 0.15) is 17.5 Å². The lowest BCUT2D eigenvalue weighted by atomic mass is 10.1. The van der Waals surface area contributed by atoms with E-state index in [1.54, 1.807) is 31.2 Å². The van der Waals surface area contributed by atoms with E-state index in [0.717, 1.165) is 4.90 Å². The van der Waals surface area contributed by atoms with E-state index in [4.69, 9.17) is 9.47 Å². The van der Waals surface area contributed by atoms with Gasteiger partial charge in [-0.3, -0.25) is 9.59 Å². The molecule has 2 aliphatic rings. The number of benzene rings is 1. The van der Waals surface area contributed by atoms with Crippen LogP contribution in [0.4, 0.5) is 5.69 Å². The molecule has 1 fully saturated rings. The highest BCUT2D eigenvalue weighted by atomic mass is 16.5. The smallest absolute Gasteiger partial charge is 0.356 e. The molecule has 8 heteroatoms. The van der Waals surface area contributed by atoms with Gasteiger partial charge in [0, 0.05) is 0 Å². The van der Waals surface area contributed by atoms with Crippen molar-refractivity contribution >= 4 is 23.5 Å². The fraction of sp³-hybridized carbons (Fsp3) is 0.312. The summed E-state index contributed by atoms with van der Waals surface area (Å²) >= 11 is 0. The van der Waals surface area contributed by atoms with Crippen LogP contribution in [0.3, 0.4) is 0 Å². The number of hydrazine groups is 1. The lowest BCUT2D eigenvalue weighted by molar-refractivity contribution is -0.139. The zero-order valence-electron chi connectivity index (χ0n) is 13.3. The minimum absolute atomic E-state index is 0.0198. The molecule has 1 aromatic carbocycles. The molecule has 2 aliphatic heterocycles. The molecule has 8 nitrogen and oxygen atoms in total. The molecule has 126 valence electrons. The summed E-state index contributed by atoms with van der Waals surface area (Å²) in [5.74, 6) is -1.02. The average molecular weight is 331 g/mol. The second kappa shape index (κ2) is 6.32. The van der Waals surface area contributed by atoms with E-state index in [9.17, 15) is 14.4 Å². The van der Waals surface area contributed by atoms with Crippen LogP contribution in [0.1, 0.15) is 13.8 Å². The van der Waals surface area contributed by atoms with Gasteiger partial charge in [-0.25, -0.2) is 15.1 Å². The Hall–Kier alpha value is -2.87. The van der Waals surface area contributed by atoms with Gasteiger partial charge in [-0.1, -0.05) is 0 Å². The number of carbonyl (C=O) groups excluding carboxylic acids is 3. The molecular formula is C16H17N3O5. The first-order valence-corrected chi connectivity index (χ1v) is 7.62. The van der Waals surface area contributed by atoms with E-state index in [1.165, 1.54) is 0 Å². The Morgan fingerprint density at radius 3 is 2.50 bits per heavy atom. The van der Waals surface area contributed by atoms with Gasteiger partial charge in [0.25, 0.3) is 11.8 Å². The highest BCUT2D eigenvalue weighted by Gasteiger charge is 2.50. The number of nitrogens with zero attached hydrogens (tertiary/aromatic N) is 1. The van der Waals surface area contributed by atoms with Crippen LogP contribution in [0.15, 0.2) is 35.5 Å². The number of hydrogen-bond donors (Lipinski definition) is 2. The lowest BCUT2D eigenvalue weighted by Gasteiger charge is -2.16. The van der Waals surface area contributed by atoms with Crippen molar-refractivity contribution in [1.82, 2.24) is 10.9 Å². The molecule has 1 unspecified atom stereocenters. The number of hydrogen-bond acceptors (Lipinski definition) is 7. The van der Waals surface area contributed by atoms with Crippen LogP contribution >= 0.6 is 0 Å². The number of fused-ring (bicyclic) bond motifs is 1. The molecule has 2 amide bonds. The van der Waals surface area contributed by atoms with E-state index in [1.807, 2.05) is 6.92 Å². The average Bonchev–Trinajstić information content (AvgIpc) is 3.10. The maximum atomic E-state index is 12.7. The summed E-state index contributed by atoms with van der Waals surface area (Å²) in [5, 5.41) is 0. The van der Waals surface area contributed by atoms with Crippen molar-refractivity contribution < 1.29 is 23.9 Å². The zero-order chi connectivity index (χ0) is 17.3. The first kappa shape index (κ1) is 16.0. The Morgan fingerprint density at radius 2 is 1.88 bits per heavy atom. The molecule has 2 heterocycles. The molecule has 24 heavy (non-hydrogen) atoms. The molecule has 3 rings (SSSR count). The number of ether oxygens (including phenoxy) is 2. The van der Waals surface area contributed by atoms with Gasteiger partial charge in [0.15, 0.2) is 0 Å². The van der Waals surface area contributed by atoms with Gasteiger partial charge in [-0.05, 0) is 38.1 Å². The first-order valence-electron chi connectivity index (χ1n) is 7.62. The summed E-state index contributed by atoms with van der Waals surface area (Å²) in [5.41, 5.74) is 5.70. The molecule has 1 aromatic rings. The highest BCUT2D eigenvalue weighted by Crippen LogP contribution is 2.31. The summed E-state index contributed by atoms with van der Waals surface area (Å²) in [4.78, 5) is 38.1. The quantitative estimate of drug-likeness (QED) is 0.590. The Bertz CT molecular complexity index is 726. The van der Waals surface area contributed by atoms with Gasteiger partial charge in [0.2, 0.25) is 0 Å². The van der Waals surface area contributed by atoms with Crippen molar-refractivity contribution in [3.05, 3.63) is 35.5 Å². The van der Waals surface area contributed by atoms with Gasteiger partial charge in [0.05, 0.1) is 24.5 Å². The normalized spacial score (nSPS) is 19.4. The van der Waals surface area contributed by atoms with E-state index in [-0.39, 0.29) is 17.9 Å². The van der Waals surface area contributed by atoms with Crippen LogP contribution in [0.5, 0.6) is 5.75 Å². The van der Waals surface area contributed by atoms with Crippen LogP contribution in [-0.4, -0.2) is 37.0 Å². The van der Waals surface area contributed by atoms with E-state index in [2.05, 4.69) is 10.9 Å². The van der Waals surface area contributed by atoms with Crippen LogP contribution in [0.25, 0.3) is 0 Å². The summed E-state index contributed by atoms with van der Waals surface area (Å²) in [7, 11) is 0. The predicted molar refractivity (Wildman–Crippen MR) is 83.8 cm³/mol. The van der Waals surface area contributed by atoms with E-state index < -0.39 is 23.8 Å². The van der Waals surface area contributed by atoms with Gasteiger partial charge >= 0.3 is 5.97 Å². The van der Waals surface area contributed by atoms with Crippen molar-refractivity contribution in [1.29, 1.82) is 0 Å². The SMILES string of the molecule is CCOC(=O)C1=C2C(=O)N(c3ccc(OCC)cc3)C(=O)C2NN1. The molecule has 0 bridgehead atoms. The Labute approximate surface area is 138 Å².